The van der Waals surface area contributed by atoms with Crippen LogP contribution in [0.4, 0.5) is 4.79 Å². The van der Waals surface area contributed by atoms with Crippen molar-refractivity contribution in [1.82, 2.24) is 5.32 Å². The van der Waals surface area contributed by atoms with Crippen molar-refractivity contribution in [1.29, 1.82) is 0 Å². The van der Waals surface area contributed by atoms with Crippen LogP contribution < -0.4 is 5.32 Å². The van der Waals surface area contributed by atoms with Crippen LogP contribution >= 0.6 is 7.60 Å². The summed E-state index contributed by atoms with van der Waals surface area (Å²) in [7, 11) is -1.92. The van der Waals surface area contributed by atoms with Crippen LogP contribution in [0.5, 0.6) is 0 Å². The SMILES string of the molecule is CO[P@@]1(=O)OCC[C@H]1NC(=O)OCc1ccccc1. The lowest BCUT2D eigenvalue weighted by molar-refractivity contribution is 0.137. The van der Waals surface area contributed by atoms with Crippen LogP contribution in [-0.2, 0) is 25.0 Å². The van der Waals surface area contributed by atoms with Crippen LogP contribution in [0.1, 0.15) is 12.0 Å². The van der Waals surface area contributed by atoms with Gasteiger partial charge in [0.2, 0.25) is 0 Å². The molecule has 19 heavy (non-hydrogen) atoms. The van der Waals surface area contributed by atoms with Crippen LogP contribution in [0.25, 0.3) is 0 Å². The first-order valence-corrected chi connectivity index (χ1v) is 7.52. The van der Waals surface area contributed by atoms with Crippen molar-refractivity contribution < 1.29 is 23.1 Å². The summed E-state index contributed by atoms with van der Waals surface area (Å²) in [5.41, 5.74) is 0.884. The molecule has 1 N–H and O–H groups in total. The monoisotopic (exact) mass is 285 g/mol. The number of ether oxygens (including phenoxy) is 1. The molecule has 0 spiro atoms. The third kappa shape index (κ3) is 3.56. The van der Waals surface area contributed by atoms with E-state index in [1.54, 1.807) is 0 Å². The van der Waals surface area contributed by atoms with E-state index in [1.165, 1.54) is 7.11 Å². The molecule has 1 aromatic rings. The molecule has 7 heteroatoms. The van der Waals surface area contributed by atoms with Crippen LogP contribution in [0, 0.1) is 0 Å². The Morgan fingerprint density at radius 2 is 2.21 bits per heavy atom. The Morgan fingerprint density at radius 1 is 1.47 bits per heavy atom. The quantitative estimate of drug-likeness (QED) is 0.860. The highest BCUT2D eigenvalue weighted by molar-refractivity contribution is 7.54. The smallest absolute Gasteiger partial charge is 0.408 e. The number of nitrogens with one attached hydrogen (secondary N) is 1. The fourth-order valence-corrected chi connectivity index (χ4v) is 3.36. The van der Waals surface area contributed by atoms with Gasteiger partial charge in [-0.3, -0.25) is 4.57 Å². The van der Waals surface area contributed by atoms with E-state index in [1.807, 2.05) is 30.3 Å². The van der Waals surface area contributed by atoms with Gasteiger partial charge in [0.05, 0.1) is 6.61 Å². The van der Waals surface area contributed by atoms with Crippen molar-refractivity contribution in [3.05, 3.63) is 35.9 Å². The minimum Gasteiger partial charge on any atom is -0.445 e. The molecule has 0 saturated carbocycles. The van der Waals surface area contributed by atoms with E-state index in [4.69, 9.17) is 13.8 Å². The maximum Gasteiger partial charge on any atom is 0.408 e. The summed E-state index contributed by atoms with van der Waals surface area (Å²) in [6.07, 6.45) is -0.178. The second kappa shape index (κ2) is 6.19. The van der Waals surface area contributed by atoms with Crippen LogP contribution in [0.2, 0.25) is 0 Å². The fourth-order valence-electron chi connectivity index (χ4n) is 1.77. The summed E-state index contributed by atoms with van der Waals surface area (Å²) in [5, 5.41) is 2.52. The Morgan fingerprint density at radius 3 is 2.89 bits per heavy atom. The summed E-state index contributed by atoms with van der Waals surface area (Å²) in [6, 6.07) is 9.31. The number of hydrogen-bond acceptors (Lipinski definition) is 5. The molecule has 1 aliphatic rings. The van der Waals surface area contributed by atoms with E-state index in [0.29, 0.717) is 13.0 Å². The topological polar surface area (TPSA) is 73.9 Å². The predicted octanol–water partition coefficient (Wildman–Crippen LogP) is 2.50. The first-order valence-electron chi connectivity index (χ1n) is 5.91. The van der Waals surface area contributed by atoms with Crippen LogP contribution in [0.3, 0.4) is 0 Å². The highest BCUT2D eigenvalue weighted by Gasteiger charge is 2.41. The molecule has 1 fully saturated rings. The van der Waals surface area contributed by atoms with Crippen molar-refractivity contribution in [2.45, 2.75) is 18.8 Å². The summed E-state index contributed by atoms with van der Waals surface area (Å²) < 4.78 is 26.9. The number of carbonyl (C=O) groups is 1. The molecule has 1 saturated heterocycles. The lowest BCUT2D eigenvalue weighted by atomic mass is 10.2. The Bertz CT molecular complexity index is 478. The lowest BCUT2D eigenvalue weighted by Crippen LogP contribution is -2.33. The number of carbonyl (C=O) groups excluding carboxylic acids is 1. The molecule has 1 amide bonds. The minimum absolute atomic E-state index is 0.164. The first-order chi connectivity index (χ1) is 9.14. The van der Waals surface area contributed by atoms with Gasteiger partial charge in [-0.1, -0.05) is 30.3 Å². The maximum absolute atomic E-state index is 12.0. The van der Waals surface area contributed by atoms with Gasteiger partial charge in [0.25, 0.3) is 0 Å². The molecule has 2 atom stereocenters. The number of hydrogen-bond donors (Lipinski definition) is 1. The van der Waals surface area contributed by atoms with Crippen molar-refractivity contribution in [2.75, 3.05) is 13.7 Å². The molecule has 0 aromatic heterocycles. The number of amides is 1. The molecular weight excluding hydrogens is 269 g/mol. The number of benzene rings is 1. The average Bonchev–Trinajstić information content (AvgIpc) is 2.80. The van der Waals surface area contributed by atoms with E-state index in [2.05, 4.69) is 5.32 Å². The highest BCUT2D eigenvalue weighted by atomic mass is 31.2. The summed E-state index contributed by atoms with van der Waals surface area (Å²) >= 11 is 0. The predicted molar refractivity (Wildman–Crippen MR) is 68.7 cm³/mol. The zero-order chi connectivity index (χ0) is 13.7. The van der Waals surface area contributed by atoms with E-state index in [-0.39, 0.29) is 6.61 Å². The van der Waals surface area contributed by atoms with Gasteiger partial charge in [-0.15, -0.1) is 0 Å². The fraction of sp³-hybridized carbons (Fsp3) is 0.417. The lowest BCUT2D eigenvalue weighted by Gasteiger charge is -2.17. The molecule has 0 unspecified atom stereocenters. The summed E-state index contributed by atoms with van der Waals surface area (Å²) in [4.78, 5) is 11.6. The minimum atomic E-state index is -3.22. The average molecular weight is 285 g/mol. The maximum atomic E-state index is 12.0. The van der Waals surface area contributed by atoms with Gasteiger partial charge in [0.15, 0.2) is 0 Å². The largest absolute Gasteiger partial charge is 0.445 e. The second-order valence-corrected chi connectivity index (χ2v) is 6.39. The Labute approximate surface area is 111 Å². The highest BCUT2D eigenvalue weighted by Crippen LogP contribution is 2.56. The van der Waals surface area contributed by atoms with Crippen molar-refractivity contribution >= 4 is 13.7 Å². The normalized spacial score (nSPS) is 26.1. The Kier molecular flexibility index (Phi) is 4.58. The molecule has 2 rings (SSSR count). The molecule has 0 aliphatic carbocycles. The van der Waals surface area contributed by atoms with Crippen molar-refractivity contribution in [3.63, 3.8) is 0 Å². The second-order valence-electron chi connectivity index (χ2n) is 4.07. The molecule has 1 heterocycles. The van der Waals surface area contributed by atoms with Gasteiger partial charge >= 0.3 is 13.7 Å². The summed E-state index contributed by atoms with van der Waals surface area (Å²) in [5.74, 6) is -0.638. The number of alkyl carbamates (subject to hydrolysis) is 1. The van der Waals surface area contributed by atoms with Gasteiger partial charge in [-0.2, -0.15) is 0 Å². The van der Waals surface area contributed by atoms with Gasteiger partial charge in [0, 0.05) is 13.5 Å². The third-order valence-corrected chi connectivity index (χ3v) is 5.00. The van der Waals surface area contributed by atoms with E-state index in [9.17, 15) is 9.36 Å². The molecule has 6 nitrogen and oxygen atoms in total. The van der Waals surface area contributed by atoms with Crippen LogP contribution in [-0.4, -0.2) is 25.6 Å². The van der Waals surface area contributed by atoms with Crippen LogP contribution in [0.15, 0.2) is 30.3 Å². The molecule has 104 valence electrons. The molecule has 0 bridgehead atoms. The third-order valence-electron chi connectivity index (χ3n) is 2.80. The zero-order valence-corrected chi connectivity index (χ0v) is 11.5. The molecule has 1 aliphatic heterocycles. The summed E-state index contributed by atoms with van der Waals surface area (Å²) in [6.45, 7) is 0.465. The Hall–Kier alpha value is -1.36. The number of rotatable bonds is 4. The van der Waals surface area contributed by atoms with Crippen molar-refractivity contribution in [3.8, 4) is 0 Å². The zero-order valence-electron chi connectivity index (χ0n) is 10.6. The first kappa shape index (κ1) is 14.1. The van der Waals surface area contributed by atoms with Crippen molar-refractivity contribution in [2.24, 2.45) is 0 Å². The van der Waals surface area contributed by atoms with Gasteiger partial charge < -0.3 is 19.1 Å². The van der Waals surface area contributed by atoms with E-state index >= 15 is 0 Å². The van der Waals surface area contributed by atoms with E-state index < -0.39 is 19.5 Å². The van der Waals surface area contributed by atoms with Gasteiger partial charge in [-0.25, -0.2) is 4.79 Å². The standard InChI is InChI=1S/C12H16NO5P/c1-16-19(15)11(7-8-18-19)13-12(14)17-9-10-5-3-2-4-6-10/h2-6,11H,7-9H2,1H3,(H,13,14)/t11-,19+/m0/s1. The Balaban J connectivity index is 1.83. The van der Waals surface area contributed by atoms with E-state index in [0.717, 1.165) is 5.56 Å². The van der Waals surface area contributed by atoms with Gasteiger partial charge in [-0.05, 0) is 5.56 Å². The molecule has 0 radical (unpaired) electrons. The molecule has 1 aromatic carbocycles. The van der Waals surface area contributed by atoms with Gasteiger partial charge in [0.1, 0.15) is 12.4 Å². The molecular formula is C12H16NO5P.